The van der Waals surface area contributed by atoms with E-state index in [0.717, 1.165) is 19.0 Å². The van der Waals surface area contributed by atoms with Gasteiger partial charge in [0.1, 0.15) is 0 Å². The topological polar surface area (TPSA) is 24.9 Å². The molecular weight excluding hydrogens is 232 g/mol. The SMILES string of the molecule is CC(C)[C@H](c1cccc(C2CCNCC2)n1)C1CC1. The van der Waals surface area contributed by atoms with Crippen LogP contribution in [-0.4, -0.2) is 18.1 Å². The first-order chi connectivity index (χ1) is 9.25. The van der Waals surface area contributed by atoms with Crippen molar-refractivity contribution in [2.75, 3.05) is 13.1 Å². The minimum Gasteiger partial charge on any atom is -0.317 e. The Morgan fingerprint density at radius 3 is 2.47 bits per heavy atom. The predicted octanol–water partition coefficient (Wildman–Crippen LogP) is 3.70. The molecule has 1 saturated heterocycles. The summed E-state index contributed by atoms with van der Waals surface area (Å²) in [7, 11) is 0. The zero-order chi connectivity index (χ0) is 13.2. The van der Waals surface area contributed by atoms with Gasteiger partial charge in [0, 0.05) is 23.2 Å². The summed E-state index contributed by atoms with van der Waals surface area (Å²) in [5, 5.41) is 3.44. The van der Waals surface area contributed by atoms with Crippen molar-refractivity contribution >= 4 is 0 Å². The van der Waals surface area contributed by atoms with Gasteiger partial charge in [-0.15, -0.1) is 0 Å². The van der Waals surface area contributed by atoms with E-state index in [1.165, 1.54) is 37.1 Å². The Kier molecular flexibility index (Phi) is 3.88. The summed E-state index contributed by atoms with van der Waals surface area (Å²) in [6, 6.07) is 6.73. The minimum atomic E-state index is 0.674. The maximum atomic E-state index is 5.05. The second-order valence-corrected chi connectivity index (χ2v) is 6.62. The lowest BCUT2D eigenvalue weighted by Gasteiger charge is -2.25. The maximum absolute atomic E-state index is 5.05. The highest BCUT2D eigenvalue weighted by Crippen LogP contribution is 2.46. The smallest absolute Gasteiger partial charge is 0.0443 e. The molecule has 2 heteroatoms. The van der Waals surface area contributed by atoms with Gasteiger partial charge in [-0.05, 0) is 62.7 Å². The summed E-state index contributed by atoms with van der Waals surface area (Å²) in [5.41, 5.74) is 2.69. The molecule has 19 heavy (non-hydrogen) atoms. The normalized spacial score (nSPS) is 22.7. The number of hydrogen-bond donors (Lipinski definition) is 1. The van der Waals surface area contributed by atoms with Crippen molar-refractivity contribution in [3.63, 3.8) is 0 Å². The summed E-state index contributed by atoms with van der Waals surface area (Å²) in [5.74, 6) is 2.97. The number of nitrogens with one attached hydrogen (secondary N) is 1. The first-order valence-corrected chi connectivity index (χ1v) is 7.93. The third-order valence-corrected chi connectivity index (χ3v) is 4.74. The summed E-state index contributed by atoms with van der Waals surface area (Å²) in [6.07, 6.45) is 5.29. The zero-order valence-electron chi connectivity index (χ0n) is 12.2. The molecule has 1 aromatic rings. The van der Waals surface area contributed by atoms with Crippen LogP contribution in [0.2, 0.25) is 0 Å². The minimum absolute atomic E-state index is 0.674. The van der Waals surface area contributed by atoms with Crippen LogP contribution in [0.15, 0.2) is 18.2 Å². The van der Waals surface area contributed by atoms with E-state index in [-0.39, 0.29) is 0 Å². The van der Waals surface area contributed by atoms with E-state index in [9.17, 15) is 0 Å². The Morgan fingerprint density at radius 1 is 1.11 bits per heavy atom. The van der Waals surface area contributed by atoms with Crippen LogP contribution in [0.25, 0.3) is 0 Å². The van der Waals surface area contributed by atoms with Gasteiger partial charge in [-0.3, -0.25) is 4.98 Å². The number of rotatable bonds is 4. The Bertz CT molecular complexity index is 415. The van der Waals surface area contributed by atoms with Crippen molar-refractivity contribution in [1.82, 2.24) is 10.3 Å². The van der Waals surface area contributed by atoms with Crippen LogP contribution in [-0.2, 0) is 0 Å². The maximum Gasteiger partial charge on any atom is 0.0443 e. The van der Waals surface area contributed by atoms with Gasteiger partial charge in [-0.2, -0.15) is 0 Å². The van der Waals surface area contributed by atoms with Crippen LogP contribution in [0.5, 0.6) is 0 Å². The van der Waals surface area contributed by atoms with Crippen LogP contribution >= 0.6 is 0 Å². The lowest BCUT2D eigenvalue weighted by molar-refractivity contribution is 0.428. The molecule has 0 aromatic carbocycles. The molecule has 0 unspecified atom stereocenters. The van der Waals surface area contributed by atoms with Crippen LogP contribution in [0.4, 0.5) is 0 Å². The van der Waals surface area contributed by atoms with Crippen molar-refractivity contribution in [3.05, 3.63) is 29.6 Å². The zero-order valence-corrected chi connectivity index (χ0v) is 12.2. The second-order valence-electron chi connectivity index (χ2n) is 6.62. The number of hydrogen-bond acceptors (Lipinski definition) is 2. The molecule has 1 aliphatic heterocycles. The summed E-state index contributed by atoms with van der Waals surface area (Å²) in [6.45, 7) is 6.99. The average molecular weight is 258 g/mol. The molecule has 2 aliphatic rings. The largest absolute Gasteiger partial charge is 0.317 e. The molecule has 1 N–H and O–H groups in total. The van der Waals surface area contributed by atoms with E-state index in [0.29, 0.717) is 17.8 Å². The van der Waals surface area contributed by atoms with Gasteiger partial charge < -0.3 is 5.32 Å². The van der Waals surface area contributed by atoms with Crippen molar-refractivity contribution < 1.29 is 0 Å². The third-order valence-electron chi connectivity index (χ3n) is 4.74. The van der Waals surface area contributed by atoms with Gasteiger partial charge in [0.25, 0.3) is 0 Å². The lowest BCUT2D eigenvalue weighted by atomic mass is 9.86. The highest BCUT2D eigenvalue weighted by molar-refractivity contribution is 5.20. The molecular formula is C17H26N2. The molecule has 1 saturated carbocycles. The van der Waals surface area contributed by atoms with Gasteiger partial charge in [-0.25, -0.2) is 0 Å². The standard InChI is InChI=1S/C17H26N2/c1-12(2)17(14-6-7-14)16-5-3-4-15(19-16)13-8-10-18-11-9-13/h3-5,12-14,17-18H,6-11H2,1-2H3/t17-/m0/s1. The van der Waals surface area contributed by atoms with Gasteiger partial charge in [0.15, 0.2) is 0 Å². The number of pyridine rings is 1. The third kappa shape index (κ3) is 3.00. The molecule has 0 bridgehead atoms. The van der Waals surface area contributed by atoms with Crippen LogP contribution in [0.1, 0.15) is 62.8 Å². The van der Waals surface area contributed by atoms with Crippen molar-refractivity contribution in [2.24, 2.45) is 11.8 Å². The molecule has 0 amide bonds. The highest BCUT2D eigenvalue weighted by Gasteiger charge is 2.35. The van der Waals surface area contributed by atoms with Crippen LogP contribution in [0.3, 0.4) is 0 Å². The van der Waals surface area contributed by atoms with Gasteiger partial charge in [-0.1, -0.05) is 19.9 Å². The molecule has 2 heterocycles. The molecule has 0 radical (unpaired) electrons. The highest BCUT2D eigenvalue weighted by atomic mass is 14.9. The molecule has 1 atom stereocenters. The summed E-state index contributed by atoms with van der Waals surface area (Å²) >= 11 is 0. The fourth-order valence-corrected chi connectivity index (χ4v) is 3.58. The van der Waals surface area contributed by atoms with E-state index >= 15 is 0 Å². The number of piperidine rings is 1. The Balaban J connectivity index is 1.81. The quantitative estimate of drug-likeness (QED) is 0.890. The van der Waals surface area contributed by atoms with Gasteiger partial charge in [0.2, 0.25) is 0 Å². The van der Waals surface area contributed by atoms with Crippen molar-refractivity contribution in [2.45, 2.75) is 51.4 Å². The molecule has 104 valence electrons. The Morgan fingerprint density at radius 2 is 1.84 bits per heavy atom. The Labute approximate surface area is 117 Å². The van der Waals surface area contributed by atoms with E-state index in [1.54, 1.807) is 0 Å². The predicted molar refractivity (Wildman–Crippen MR) is 79.4 cm³/mol. The number of aromatic nitrogens is 1. The Hall–Kier alpha value is -0.890. The lowest BCUT2D eigenvalue weighted by Crippen LogP contribution is -2.27. The molecule has 3 rings (SSSR count). The van der Waals surface area contributed by atoms with E-state index in [4.69, 9.17) is 4.98 Å². The van der Waals surface area contributed by atoms with Crippen LogP contribution < -0.4 is 5.32 Å². The second kappa shape index (κ2) is 5.62. The van der Waals surface area contributed by atoms with Crippen molar-refractivity contribution in [3.8, 4) is 0 Å². The fraction of sp³-hybridized carbons (Fsp3) is 0.706. The van der Waals surface area contributed by atoms with E-state index in [1.807, 2.05) is 0 Å². The molecule has 2 nitrogen and oxygen atoms in total. The van der Waals surface area contributed by atoms with Crippen LogP contribution in [0, 0.1) is 11.8 Å². The van der Waals surface area contributed by atoms with E-state index in [2.05, 4.69) is 37.4 Å². The van der Waals surface area contributed by atoms with Gasteiger partial charge >= 0.3 is 0 Å². The van der Waals surface area contributed by atoms with Crippen molar-refractivity contribution in [1.29, 1.82) is 0 Å². The monoisotopic (exact) mass is 258 g/mol. The summed E-state index contributed by atoms with van der Waals surface area (Å²) < 4.78 is 0. The van der Waals surface area contributed by atoms with E-state index < -0.39 is 0 Å². The molecule has 0 spiro atoms. The first kappa shape index (κ1) is 13.1. The number of nitrogens with zero attached hydrogens (tertiary/aromatic N) is 1. The average Bonchev–Trinajstić information content (AvgIpc) is 3.25. The molecule has 1 aliphatic carbocycles. The molecule has 1 aromatic heterocycles. The summed E-state index contributed by atoms with van der Waals surface area (Å²) in [4.78, 5) is 5.05. The van der Waals surface area contributed by atoms with Gasteiger partial charge in [0.05, 0.1) is 0 Å². The fourth-order valence-electron chi connectivity index (χ4n) is 3.58. The molecule has 2 fully saturated rings. The first-order valence-electron chi connectivity index (χ1n) is 7.93.